The minimum Gasteiger partial charge on any atom is -0.494 e. The van der Waals surface area contributed by atoms with E-state index in [-0.39, 0.29) is 18.6 Å². The fraction of sp³-hybridized carbons (Fsp3) is 0.286. The molecule has 2 aromatic rings. The molecule has 6 nitrogen and oxygen atoms in total. The van der Waals surface area contributed by atoms with Crippen LogP contribution < -0.4 is 10.1 Å². The van der Waals surface area contributed by atoms with Gasteiger partial charge in [0.1, 0.15) is 5.75 Å². The molecule has 2 N–H and O–H groups in total. The highest BCUT2D eigenvalue weighted by Crippen LogP contribution is 2.16. The largest absolute Gasteiger partial charge is 0.494 e. The third-order valence-corrected chi connectivity index (χ3v) is 3.91. The Labute approximate surface area is 158 Å². The minimum atomic E-state index is -1.15. The predicted molar refractivity (Wildman–Crippen MR) is 101 cm³/mol. The van der Waals surface area contributed by atoms with Crippen molar-refractivity contribution in [1.82, 2.24) is 5.32 Å². The molecule has 2 rings (SSSR count). The summed E-state index contributed by atoms with van der Waals surface area (Å²) in [7, 11) is 0. The molecule has 0 bridgehead atoms. The Hall–Kier alpha value is -3.15. The molecule has 0 saturated heterocycles. The smallest absolute Gasteiger partial charge is 0.330 e. The third-order valence-electron chi connectivity index (χ3n) is 3.91. The van der Waals surface area contributed by atoms with E-state index in [1.54, 1.807) is 54.6 Å². The van der Waals surface area contributed by atoms with Crippen molar-refractivity contribution in [2.45, 2.75) is 32.2 Å². The number of ketones is 1. The molecule has 0 fully saturated rings. The average Bonchev–Trinajstić information content (AvgIpc) is 2.69. The first-order chi connectivity index (χ1) is 13.0. The van der Waals surface area contributed by atoms with Gasteiger partial charge in [0.25, 0.3) is 0 Å². The summed E-state index contributed by atoms with van der Waals surface area (Å²) >= 11 is 0. The number of hydrogen-bond donors (Lipinski definition) is 2. The van der Waals surface area contributed by atoms with Gasteiger partial charge in [-0.25, -0.2) is 4.79 Å². The van der Waals surface area contributed by atoms with Gasteiger partial charge in [-0.05, 0) is 36.2 Å². The fourth-order valence-corrected chi connectivity index (χ4v) is 2.49. The van der Waals surface area contributed by atoms with E-state index in [1.165, 1.54) is 0 Å². The summed E-state index contributed by atoms with van der Waals surface area (Å²) < 4.78 is 5.47. The quantitative estimate of drug-likeness (QED) is 0.626. The van der Waals surface area contributed by atoms with E-state index >= 15 is 0 Å². The van der Waals surface area contributed by atoms with Crippen LogP contribution in [-0.4, -0.2) is 29.4 Å². The van der Waals surface area contributed by atoms with Crippen LogP contribution in [-0.2, 0) is 9.59 Å². The maximum absolute atomic E-state index is 12.2. The molecule has 0 aliphatic carbocycles. The number of amides is 1. The van der Waals surface area contributed by atoms with Gasteiger partial charge in [0.05, 0.1) is 6.61 Å². The number of hydrogen-bond acceptors (Lipinski definition) is 4. The number of aliphatic carboxylic acids is 1. The highest BCUT2D eigenvalue weighted by Gasteiger charge is 2.22. The first-order valence-electron chi connectivity index (χ1n) is 8.84. The van der Waals surface area contributed by atoms with Crippen molar-refractivity contribution >= 4 is 17.7 Å². The normalized spacial score (nSPS) is 11.4. The van der Waals surface area contributed by atoms with E-state index in [0.29, 0.717) is 23.5 Å². The molecule has 0 aromatic heterocycles. The van der Waals surface area contributed by atoms with Gasteiger partial charge < -0.3 is 15.2 Å². The highest BCUT2D eigenvalue weighted by molar-refractivity contribution is 5.98. The van der Waals surface area contributed by atoms with Crippen LogP contribution in [0, 0.1) is 0 Å². The molecule has 1 amide bonds. The van der Waals surface area contributed by atoms with Gasteiger partial charge >= 0.3 is 5.97 Å². The van der Waals surface area contributed by atoms with E-state index in [9.17, 15) is 19.5 Å². The molecule has 0 aliphatic rings. The van der Waals surface area contributed by atoms with Crippen LogP contribution in [0.3, 0.4) is 0 Å². The monoisotopic (exact) mass is 369 g/mol. The number of carbonyl (C=O) groups is 3. The zero-order valence-corrected chi connectivity index (χ0v) is 15.2. The maximum atomic E-state index is 12.2. The van der Waals surface area contributed by atoms with Gasteiger partial charge in [0, 0.05) is 18.4 Å². The zero-order valence-electron chi connectivity index (χ0n) is 15.2. The fourth-order valence-electron chi connectivity index (χ4n) is 2.49. The molecule has 0 heterocycles. The van der Waals surface area contributed by atoms with Gasteiger partial charge in [0.15, 0.2) is 11.8 Å². The summed E-state index contributed by atoms with van der Waals surface area (Å²) in [6.07, 6.45) is 0.821. The second-order valence-corrected chi connectivity index (χ2v) is 6.05. The average molecular weight is 369 g/mol. The number of carboxylic acids is 1. The Morgan fingerprint density at radius 3 is 2.26 bits per heavy atom. The Morgan fingerprint density at radius 2 is 1.67 bits per heavy atom. The summed E-state index contributed by atoms with van der Waals surface area (Å²) in [6.45, 7) is 2.62. The summed E-state index contributed by atoms with van der Waals surface area (Å²) in [5.74, 6) is -1.12. The van der Waals surface area contributed by atoms with Gasteiger partial charge in [0.2, 0.25) is 5.91 Å². The lowest BCUT2D eigenvalue weighted by Crippen LogP contribution is -2.33. The van der Waals surface area contributed by atoms with Crippen molar-refractivity contribution < 1.29 is 24.2 Å². The second-order valence-electron chi connectivity index (χ2n) is 6.05. The zero-order chi connectivity index (χ0) is 19.6. The second kappa shape index (κ2) is 10.1. The van der Waals surface area contributed by atoms with Gasteiger partial charge in [-0.1, -0.05) is 37.3 Å². The minimum absolute atomic E-state index is 0.00211. The lowest BCUT2D eigenvalue weighted by molar-refractivity contribution is -0.142. The first kappa shape index (κ1) is 20.2. The summed E-state index contributed by atoms with van der Waals surface area (Å²) in [4.78, 5) is 35.7. The van der Waals surface area contributed by atoms with Crippen molar-refractivity contribution in [2.24, 2.45) is 0 Å². The summed E-state index contributed by atoms with van der Waals surface area (Å²) in [5, 5.41) is 11.8. The summed E-state index contributed by atoms with van der Waals surface area (Å²) in [5.41, 5.74) is 0.969. The number of carbonyl (C=O) groups excluding carboxylic acids is 2. The molecular formula is C21H23NO5. The van der Waals surface area contributed by atoms with Crippen LogP contribution in [0.2, 0.25) is 0 Å². The number of benzene rings is 2. The molecule has 1 atom stereocenters. The lowest BCUT2D eigenvalue weighted by atomic mass is 10.0. The van der Waals surface area contributed by atoms with Crippen LogP contribution in [0.5, 0.6) is 5.75 Å². The number of nitrogens with one attached hydrogen (secondary N) is 1. The van der Waals surface area contributed by atoms with Gasteiger partial charge in [-0.3, -0.25) is 9.59 Å². The van der Waals surface area contributed by atoms with E-state index in [0.717, 1.165) is 6.42 Å². The molecule has 6 heteroatoms. The Balaban J connectivity index is 1.88. The van der Waals surface area contributed by atoms with Crippen molar-refractivity contribution in [2.75, 3.05) is 6.61 Å². The number of carboxylic acid groups (broad SMARTS) is 1. The SMILES string of the molecule is CCCOc1ccc(C(=O)CCC(=O)NC(C(=O)O)c2ccccc2)cc1. The van der Waals surface area contributed by atoms with Crippen LogP contribution in [0.25, 0.3) is 0 Å². The Bertz CT molecular complexity index is 771. The van der Waals surface area contributed by atoms with E-state index in [1.807, 2.05) is 6.92 Å². The van der Waals surface area contributed by atoms with Crippen molar-refractivity contribution in [1.29, 1.82) is 0 Å². The Morgan fingerprint density at radius 1 is 1.00 bits per heavy atom. The molecule has 27 heavy (non-hydrogen) atoms. The molecule has 0 spiro atoms. The standard InChI is InChI=1S/C21H23NO5/c1-2-14-27-17-10-8-15(9-11-17)18(23)12-13-19(24)22-20(21(25)26)16-6-4-3-5-7-16/h3-11,20H,2,12-14H2,1H3,(H,22,24)(H,25,26). The summed E-state index contributed by atoms with van der Waals surface area (Å²) in [6, 6.07) is 14.1. The third kappa shape index (κ3) is 6.26. The first-order valence-corrected chi connectivity index (χ1v) is 8.84. The predicted octanol–water partition coefficient (Wildman–Crippen LogP) is 3.38. The molecule has 0 aliphatic heterocycles. The van der Waals surface area contributed by atoms with Crippen molar-refractivity contribution in [3.05, 3.63) is 65.7 Å². The van der Waals surface area contributed by atoms with Crippen LogP contribution in [0.15, 0.2) is 54.6 Å². The van der Waals surface area contributed by atoms with E-state index in [4.69, 9.17) is 4.74 Å². The molecule has 1 unspecified atom stereocenters. The van der Waals surface area contributed by atoms with Crippen molar-refractivity contribution in [3.8, 4) is 5.75 Å². The maximum Gasteiger partial charge on any atom is 0.330 e. The molecule has 0 saturated carbocycles. The number of ether oxygens (including phenoxy) is 1. The Kier molecular flexibility index (Phi) is 7.55. The molecular weight excluding hydrogens is 346 g/mol. The van der Waals surface area contributed by atoms with E-state index < -0.39 is 17.9 Å². The molecule has 2 aromatic carbocycles. The van der Waals surface area contributed by atoms with Gasteiger partial charge in [-0.2, -0.15) is 0 Å². The number of rotatable bonds is 10. The number of Topliss-reactive ketones (excluding diaryl/α,β-unsaturated/α-hetero) is 1. The van der Waals surface area contributed by atoms with Crippen LogP contribution in [0.1, 0.15) is 48.1 Å². The van der Waals surface area contributed by atoms with Crippen LogP contribution in [0.4, 0.5) is 0 Å². The lowest BCUT2D eigenvalue weighted by Gasteiger charge is -2.14. The van der Waals surface area contributed by atoms with Crippen molar-refractivity contribution in [3.63, 3.8) is 0 Å². The van der Waals surface area contributed by atoms with E-state index in [2.05, 4.69) is 5.32 Å². The van der Waals surface area contributed by atoms with Crippen LogP contribution >= 0.6 is 0 Å². The van der Waals surface area contributed by atoms with Gasteiger partial charge in [-0.15, -0.1) is 0 Å². The highest BCUT2D eigenvalue weighted by atomic mass is 16.5. The molecule has 0 radical (unpaired) electrons. The molecule has 142 valence electrons. The topological polar surface area (TPSA) is 92.7 Å².